The second-order valence-corrected chi connectivity index (χ2v) is 9.20. The summed E-state index contributed by atoms with van der Waals surface area (Å²) in [4.78, 5) is 17.3. The van der Waals surface area contributed by atoms with Crippen LogP contribution in [0.1, 0.15) is 66.0 Å². The molecule has 5 nitrogen and oxygen atoms in total. The molecule has 2 aliphatic rings. The van der Waals surface area contributed by atoms with E-state index in [0.717, 1.165) is 49.3 Å². The average Bonchev–Trinajstić information content (AvgIpc) is 2.75. The minimum Gasteiger partial charge on any atom is -0.487 e. The van der Waals surface area contributed by atoms with Crippen molar-refractivity contribution >= 4 is 5.97 Å². The van der Waals surface area contributed by atoms with E-state index in [2.05, 4.69) is 9.88 Å². The van der Waals surface area contributed by atoms with Gasteiger partial charge in [-0.3, -0.25) is 14.7 Å². The highest BCUT2D eigenvalue weighted by Gasteiger charge is 2.36. The van der Waals surface area contributed by atoms with Gasteiger partial charge in [0.1, 0.15) is 12.4 Å². The van der Waals surface area contributed by atoms with Gasteiger partial charge >= 0.3 is 12.1 Å². The van der Waals surface area contributed by atoms with Crippen LogP contribution < -0.4 is 4.74 Å². The summed E-state index contributed by atoms with van der Waals surface area (Å²) in [5, 5.41) is 8.99. The topological polar surface area (TPSA) is 62.7 Å². The molecule has 1 aliphatic carbocycles. The number of carboxylic acids is 1. The molecule has 2 fully saturated rings. The van der Waals surface area contributed by atoms with Crippen LogP contribution in [0.3, 0.4) is 0 Å². The lowest BCUT2D eigenvalue weighted by Crippen LogP contribution is -2.49. The smallest absolute Gasteiger partial charge is 0.416 e. The van der Waals surface area contributed by atoms with Crippen molar-refractivity contribution < 1.29 is 27.8 Å². The molecule has 1 aliphatic heterocycles. The van der Waals surface area contributed by atoms with Gasteiger partial charge in [0, 0.05) is 25.8 Å². The molecule has 178 valence electrons. The van der Waals surface area contributed by atoms with E-state index in [4.69, 9.17) is 9.84 Å². The van der Waals surface area contributed by atoms with Gasteiger partial charge in [0.15, 0.2) is 0 Å². The number of aromatic nitrogens is 1. The highest BCUT2D eigenvalue weighted by atomic mass is 19.4. The fourth-order valence-corrected chi connectivity index (χ4v) is 4.76. The molecule has 4 rings (SSSR count). The highest BCUT2D eigenvalue weighted by molar-refractivity contribution is 5.71. The molecule has 0 unspecified atom stereocenters. The van der Waals surface area contributed by atoms with Gasteiger partial charge in [0.25, 0.3) is 0 Å². The average molecular weight is 463 g/mol. The Hall–Kier alpha value is -2.61. The summed E-state index contributed by atoms with van der Waals surface area (Å²) in [6, 6.07) is 6.69. The van der Waals surface area contributed by atoms with E-state index in [-0.39, 0.29) is 24.1 Å². The zero-order valence-corrected chi connectivity index (χ0v) is 18.7. The molecule has 1 aromatic heterocycles. The number of likely N-dealkylation sites (tertiary alicyclic amines) is 1. The van der Waals surface area contributed by atoms with Crippen LogP contribution in [0.25, 0.3) is 0 Å². The van der Waals surface area contributed by atoms with Crippen molar-refractivity contribution in [2.45, 2.75) is 64.3 Å². The van der Waals surface area contributed by atoms with Gasteiger partial charge in [0.2, 0.25) is 0 Å². The van der Waals surface area contributed by atoms with Crippen LogP contribution in [0.4, 0.5) is 13.2 Å². The maximum Gasteiger partial charge on any atom is 0.416 e. The van der Waals surface area contributed by atoms with E-state index in [1.54, 1.807) is 6.07 Å². The predicted octanol–water partition coefficient (Wildman–Crippen LogP) is 5.55. The lowest BCUT2D eigenvalue weighted by atomic mass is 9.82. The van der Waals surface area contributed by atoms with E-state index in [9.17, 15) is 18.0 Å². The summed E-state index contributed by atoms with van der Waals surface area (Å²) < 4.78 is 47.0. The van der Waals surface area contributed by atoms with E-state index in [1.807, 2.05) is 19.1 Å². The number of ether oxygens (including phenoxy) is 1. The Morgan fingerprint density at radius 3 is 2.55 bits per heavy atom. The van der Waals surface area contributed by atoms with Crippen molar-refractivity contribution in [3.05, 3.63) is 58.4 Å². The summed E-state index contributed by atoms with van der Waals surface area (Å²) in [7, 11) is 0. The second-order valence-electron chi connectivity index (χ2n) is 9.20. The number of hydrogen-bond donors (Lipinski definition) is 1. The van der Waals surface area contributed by atoms with Gasteiger partial charge in [-0.1, -0.05) is 25.3 Å². The van der Waals surface area contributed by atoms with Gasteiger partial charge in [0.05, 0.1) is 17.2 Å². The van der Waals surface area contributed by atoms with E-state index >= 15 is 0 Å². The minimum atomic E-state index is -4.42. The van der Waals surface area contributed by atoms with Crippen molar-refractivity contribution in [3.63, 3.8) is 0 Å². The number of aliphatic carboxylic acids is 1. The molecule has 0 atom stereocenters. The molecular formula is C25H29F3N2O3. The van der Waals surface area contributed by atoms with Crippen LogP contribution in [0, 0.1) is 12.8 Å². The standard InChI is InChI=1S/C25H29F3N2O3/c1-16-9-21(8-7-18(16)12-30-13-19(14-30)24(31)32)33-15-20-10-23(25(26,27)28)22(11-29-20)17-5-3-2-4-6-17/h7-11,17,19H,2-6,12-15H2,1H3,(H,31,32). The first-order chi connectivity index (χ1) is 15.7. The Morgan fingerprint density at radius 1 is 1.18 bits per heavy atom. The zero-order chi connectivity index (χ0) is 23.6. The number of carbonyl (C=O) groups is 1. The number of hydrogen-bond acceptors (Lipinski definition) is 4. The molecular weight excluding hydrogens is 433 g/mol. The lowest BCUT2D eigenvalue weighted by Gasteiger charge is -2.36. The number of aryl methyl sites for hydroxylation is 1. The zero-order valence-electron chi connectivity index (χ0n) is 18.7. The Labute approximate surface area is 191 Å². The number of pyridine rings is 1. The van der Waals surface area contributed by atoms with Gasteiger partial charge in [-0.25, -0.2) is 0 Å². The Bertz CT molecular complexity index is 997. The predicted molar refractivity (Wildman–Crippen MR) is 117 cm³/mol. The summed E-state index contributed by atoms with van der Waals surface area (Å²) >= 11 is 0. The van der Waals surface area contributed by atoms with Gasteiger partial charge in [-0.2, -0.15) is 13.2 Å². The normalized spacial score (nSPS) is 18.2. The number of alkyl halides is 3. The van der Waals surface area contributed by atoms with Crippen molar-refractivity contribution in [1.82, 2.24) is 9.88 Å². The summed E-state index contributed by atoms with van der Waals surface area (Å²) in [6.45, 7) is 3.64. The second kappa shape index (κ2) is 9.71. The van der Waals surface area contributed by atoms with Crippen molar-refractivity contribution in [3.8, 4) is 5.75 Å². The molecule has 1 saturated carbocycles. The van der Waals surface area contributed by atoms with Crippen LogP contribution in [0.5, 0.6) is 5.75 Å². The maximum atomic E-state index is 13.7. The largest absolute Gasteiger partial charge is 0.487 e. The third-order valence-corrected chi connectivity index (χ3v) is 6.74. The number of nitrogens with zero attached hydrogens (tertiary/aromatic N) is 2. The summed E-state index contributed by atoms with van der Waals surface area (Å²) in [5.41, 5.74) is 2.03. The fourth-order valence-electron chi connectivity index (χ4n) is 4.76. The van der Waals surface area contributed by atoms with Crippen molar-refractivity contribution in [2.75, 3.05) is 13.1 Å². The fraction of sp³-hybridized carbons (Fsp3) is 0.520. The molecule has 1 N–H and O–H groups in total. The van der Waals surface area contributed by atoms with Crippen LogP contribution in [-0.2, 0) is 24.1 Å². The first-order valence-corrected chi connectivity index (χ1v) is 11.4. The lowest BCUT2D eigenvalue weighted by molar-refractivity contribution is -0.147. The SMILES string of the molecule is Cc1cc(OCc2cc(C(F)(F)F)c(C3CCCCC3)cn2)ccc1CN1CC(C(=O)O)C1. The van der Waals surface area contributed by atoms with Crippen LogP contribution in [-0.4, -0.2) is 34.0 Å². The third kappa shape index (κ3) is 5.66. The van der Waals surface area contributed by atoms with Crippen molar-refractivity contribution in [2.24, 2.45) is 5.92 Å². The van der Waals surface area contributed by atoms with Crippen LogP contribution in [0.2, 0.25) is 0 Å². The third-order valence-electron chi connectivity index (χ3n) is 6.74. The molecule has 0 amide bonds. The number of benzene rings is 1. The molecule has 1 saturated heterocycles. The number of halogens is 3. The van der Waals surface area contributed by atoms with Gasteiger partial charge in [-0.05, 0) is 60.6 Å². The highest BCUT2D eigenvalue weighted by Crippen LogP contribution is 2.40. The molecule has 1 aromatic carbocycles. The van der Waals surface area contributed by atoms with Gasteiger partial charge < -0.3 is 9.84 Å². The van der Waals surface area contributed by atoms with E-state index < -0.39 is 17.7 Å². The molecule has 8 heteroatoms. The molecule has 33 heavy (non-hydrogen) atoms. The Balaban J connectivity index is 1.40. The first-order valence-electron chi connectivity index (χ1n) is 11.4. The minimum absolute atomic E-state index is 0.0424. The maximum absolute atomic E-state index is 13.7. The molecule has 0 spiro atoms. The monoisotopic (exact) mass is 462 g/mol. The summed E-state index contributed by atoms with van der Waals surface area (Å²) in [5.74, 6) is -0.576. The number of rotatable bonds is 7. The Kier molecular flexibility index (Phi) is 6.93. The van der Waals surface area contributed by atoms with Crippen LogP contribution in [0.15, 0.2) is 30.5 Å². The molecule has 2 heterocycles. The molecule has 0 bridgehead atoms. The summed E-state index contributed by atoms with van der Waals surface area (Å²) in [6.07, 6.45) is 1.53. The first kappa shape index (κ1) is 23.5. The van der Waals surface area contributed by atoms with Crippen LogP contribution >= 0.6 is 0 Å². The van der Waals surface area contributed by atoms with Crippen molar-refractivity contribution in [1.29, 1.82) is 0 Å². The van der Waals surface area contributed by atoms with Gasteiger partial charge in [-0.15, -0.1) is 0 Å². The molecule has 0 radical (unpaired) electrons. The van der Waals surface area contributed by atoms with E-state index in [0.29, 0.717) is 30.9 Å². The number of carboxylic acid groups (broad SMARTS) is 1. The van der Waals surface area contributed by atoms with E-state index in [1.165, 1.54) is 6.20 Å². The quantitative estimate of drug-likeness (QED) is 0.584. The molecule has 2 aromatic rings. The Morgan fingerprint density at radius 2 is 1.91 bits per heavy atom.